The molecule has 2 amide bonds. The molecule has 2 saturated heterocycles. The first-order valence-electron chi connectivity index (χ1n) is 10.3. The van der Waals surface area contributed by atoms with Crippen LogP contribution in [0.15, 0.2) is 23.0 Å². The zero-order valence-electron chi connectivity index (χ0n) is 16.7. The minimum atomic E-state index is -0.535. The van der Waals surface area contributed by atoms with Crippen LogP contribution in [0.5, 0.6) is 0 Å². The molecule has 4 rings (SSSR count). The molecule has 7 nitrogen and oxygen atoms in total. The molecule has 0 N–H and O–H groups in total. The number of aromatic nitrogens is 1. The van der Waals surface area contributed by atoms with Gasteiger partial charge in [0.15, 0.2) is 0 Å². The van der Waals surface area contributed by atoms with Crippen LogP contribution in [0, 0.1) is 11.8 Å². The Kier molecular flexibility index (Phi) is 5.27. The second-order valence-corrected chi connectivity index (χ2v) is 8.49. The van der Waals surface area contributed by atoms with Crippen LogP contribution in [0.4, 0.5) is 0 Å². The highest BCUT2D eigenvalue weighted by Crippen LogP contribution is 2.41. The van der Waals surface area contributed by atoms with Crippen molar-refractivity contribution in [3.63, 3.8) is 0 Å². The van der Waals surface area contributed by atoms with Gasteiger partial charge in [-0.05, 0) is 31.2 Å². The topological polar surface area (TPSA) is 71.9 Å². The van der Waals surface area contributed by atoms with Crippen molar-refractivity contribution < 1.29 is 14.3 Å². The summed E-state index contributed by atoms with van der Waals surface area (Å²) in [6.45, 7) is 4.91. The molecule has 3 aliphatic rings. The molecule has 0 saturated carbocycles. The average Bonchev–Trinajstić information content (AvgIpc) is 2.69. The Morgan fingerprint density at radius 2 is 1.96 bits per heavy atom. The molecule has 2 bridgehead atoms. The lowest BCUT2D eigenvalue weighted by Crippen LogP contribution is -2.54. The number of likely N-dealkylation sites (N-methyl/N-ethyl adjacent to an activating group) is 1. The number of carbonyl (C=O) groups is 2. The maximum Gasteiger partial charge on any atom is 0.251 e. The molecule has 0 radical (unpaired) electrons. The molecule has 7 heteroatoms. The summed E-state index contributed by atoms with van der Waals surface area (Å²) in [4.78, 5) is 41.9. The molecular formula is C21H29N3O4. The summed E-state index contributed by atoms with van der Waals surface area (Å²) in [7, 11) is 1.84. The highest BCUT2D eigenvalue weighted by atomic mass is 16.5. The Labute approximate surface area is 165 Å². The van der Waals surface area contributed by atoms with E-state index in [1.165, 1.54) is 6.07 Å². The molecule has 3 atom stereocenters. The van der Waals surface area contributed by atoms with E-state index >= 15 is 0 Å². The summed E-state index contributed by atoms with van der Waals surface area (Å²) in [6.07, 6.45) is 2.76. The lowest BCUT2D eigenvalue weighted by Gasteiger charge is -2.47. The first-order chi connectivity index (χ1) is 13.5. The molecule has 3 aliphatic heterocycles. The van der Waals surface area contributed by atoms with E-state index in [0.29, 0.717) is 25.6 Å². The number of hydrogen-bond acceptors (Lipinski definition) is 4. The molecule has 4 heterocycles. The van der Waals surface area contributed by atoms with Crippen LogP contribution in [-0.2, 0) is 14.3 Å². The van der Waals surface area contributed by atoms with Crippen molar-refractivity contribution in [2.45, 2.75) is 38.1 Å². The first-order valence-corrected chi connectivity index (χ1v) is 10.3. The van der Waals surface area contributed by atoms with Crippen molar-refractivity contribution in [1.29, 1.82) is 0 Å². The minimum absolute atomic E-state index is 0.0186. The van der Waals surface area contributed by atoms with Gasteiger partial charge in [-0.2, -0.15) is 0 Å². The molecule has 28 heavy (non-hydrogen) atoms. The van der Waals surface area contributed by atoms with E-state index in [4.69, 9.17) is 4.74 Å². The van der Waals surface area contributed by atoms with Gasteiger partial charge in [0.2, 0.25) is 11.8 Å². The number of likely N-dealkylation sites (tertiary alicyclic amines) is 1. The van der Waals surface area contributed by atoms with Gasteiger partial charge in [0.1, 0.15) is 6.04 Å². The minimum Gasteiger partial charge on any atom is -0.381 e. The normalized spacial score (nSPS) is 27.2. The zero-order chi connectivity index (χ0) is 19.8. The van der Waals surface area contributed by atoms with Crippen molar-refractivity contribution in [1.82, 2.24) is 14.4 Å². The number of ether oxygens (including phenoxy) is 1. The van der Waals surface area contributed by atoms with Crippen LogP contribution < -0.4 is 5.56 Å². The van der Waals surface area contributed by atoms with Gasteiger partial charge in [-0.25, -0.2) is 0 Å². The smallest absolute Gasteiger partial charge is 0.251 e. The molecule has 0 aromatic carbocycles. The van der Waals surface area contributed by atoms with Crippen molar-refractivity contribution in [2.75, 3.05) is 39.9 Å². The fourth-order valence-corrected chi connectivity index (χ4v) is 5.14. The maximum absolute atomic E-state index is 13.5. The molecule has 2 fully saturated rings. The molecule has 0 unspecified atom stereocenters. The van der Waals surface area contributed by atoms with Crippen molar-refractivity contribution in [2.24, 2.45) is 11.8 Å². The molecule has 0 aliphatic carbocycles. The van der Waals surface area contributed by atoms with Crippen LogP contribution >= 0.6 is 0 Å². The fraction of sp³-hybridized carbons (Fsp3) is 0.667. The average molecular weight is 387 g/mol. The highest BCUT2D eigenvalue weighted by Gasteiger charge is 2.45. The van der Waals surface area contributed by atoms with E-state index in [1.807, 2.05) is 18.0 Å². The van der Waals surface area contributed by atoms with E-state index in [0.717, 1.165) is 38.2 Å². The third kappa shape index (κ3) is 3.48. The van der Waals surface area contributed by atoms with Gasteiger partial charge in [0, 0.05) is 70.4 Å². The largest absolute Gasteiger partial charge is 0.381 e. The van der Waals surface area contributed by atoms with Crippen molar-refractivity contribution in [3.05, 3.63) is 34.2 Å². The monoisotopic (exact) mass is 387 g/mol. The van der Waals surface area contributed by atoms with Gasteiger partial charge in [-0.3, -0.25) is 19.0 Å². The molecule has 0 spiro atoms. The van der Waals surface area contributed by atoms with E-state index < -0.39 is 6.04 Å². The van der Waals surface area contributed by atoms with E-state index in [9.17, 15) is 14.4 Å². The predicted octanol–water partition coefficient (Wildman–Crippen LogP) is 1.24. The Hall–Kier alpha value is -2.15. The second-order valence-electron chi connectivity index (χ2n) is 8.49. The highest BCUT2D eigenvalue weighted by molar-refractivity contribution is 5.81. The molecule has 1 aromatic heterocycles. The van der Waals surface area contributed by atoms with Gasteiger partial charge >= 0.3 is 0 Å². The summed E-state index contributed by atoms with van der Waals surface area (Å²) < 4.78 is 7.13. The van der Waals surface area contributed by atoms with Gasteiger partial charge < -0.3 is 14.5 Å². The summed E-state index contributed by atoms with van der Waals surface area (Å²) in [5.41, 5.74) is 0.758. The van der Waals surface area contributed by atoms with Crippen LogP contribution in [0.1, 0.15) is 43.8 Å². The number of hydrogen-bond donors (Lipinski definition) is 0. The molecule has 1 aromatic rings. The van der Waals surface area contributed by atoms with Gasteiger partial charge in [-0.1, -0.05) is 6.07 Å². The quantitative estimate of drug-likeness (QED) is 0.782. The standard InChI is InChI=1S/C21H29N3O4/c1-14(25)23-12-16-10-17(13-23)20(24-18(16)4-3-5-19(24)26)21(27)22(2)11-15-6-8-28-9-7-15/h3-5,15-17,20H,6-13H2,1-2H3/t16-,17+,20-/m1/s1. The Bertz CT molecular complexity index is 814. The number of amides is 2. The van der Waals surface area contributed by atoms with E-state index in [-0.39, 0.29) is 29.2 Å². The fourth-order valence-electron chi connectivity index (χ4n) is 5.14. The van der Waals surface area contributed by atoms with Gasteiger partial charge in [0.25, 0.3) is 5.56 Å². The van der Waals surface area contributed by atoms with Crippen LogP contribution in [0.25, 0.3) is 0 Å². The SMILES string of the molecule is CC(=O)N1C[C@H]2C[C@@H](C1)[C@H](C(=O)N(C)CC1CCOCC1)n1c2cccc1=O. The Morgan fingerprint density at radius 3 is 2.68 bits per heavy atom. The number of piperidine rings is 1. The van der Waals surface area contributed by atoms with Crippen LogP contribution in [-0.4, -0.2) is 66.1 Å². The van der Waals surface area contributed by atoms with Crippen molar-refractivity contribution in [3.8, 4) is 0 Å². The number of rotatable bonds is 3. The molecule has 152 valence electrons. The van der Waals surface area contributed by atoms with Crippen molar-refractivity contribution >= 4 is 11.8 Å². The van der Waals surface area contributed by atoms with E-state index in [1.54, 1.807) is 22.5 Å². The number of nitrogens with zero attached hydrogens (tertiary/aromatic N) is 3. The van der Waals surface area contributed by atoms with Gasteiger partial charge in [-0.15, -0.1) is 0 Å². The Morgan fingerprint density at radius 1 is 1.21 bits per heavy atom. The predicted molar refractivity (Wildman–Crippen MR) is 104 cm³/mol. The lowest BCUT2D eigenvalue weighted by molar-refractivity contribution is -0.141. The van der Waals surface area contributed by atoms with Gasteiger partial charge in [0.05, 0.1) is 0 Å². The van der Waals surface area contributed by atoms with Crippen LogP contribution in [0.2, 0.25) is 0 Å². The number of pyridine rings is 1. The molecular weight excluding hydrogens is 358 g/mol. The summed E-state index contributed by atoms with van der Waals surface area (Å²) in [5, 5.41) is 0. The summed E-state index contributed by atoms with van der Waals surface area (Å²) in [5.74, 6) is 0.533. The first kappa shape index (κ1) is 19.2. The summed E-state index contributed by atoms with van der Waals surface area (Å²) in [6, 6.07) is 4.69. The Balaban J connectivity index is 1.64. The summed E-state index contributed by atoms with van der Waals surface area (Å²) >= 11 is 0. The van der Waals surface area contributed by atoms with E-state index in [2.05, 4.69) is 0 Å². The maximum atomic E-state index is 13.5. The third-order valence-corrected chi connectivity index (χ3v) is 6.59. The zero-order valence-corrected chi connectivity index (χ0v) is 16.7. The third-order valence-electron chi connectivity index (χ3n) is 6.59. The second kappa shape index (κ2) is 7.70. The number of fused-ring (bicyclic) bond motifs is 4. The van der Waals surface area contributed by atoms with Crippen LogP contribution in [0.3, 0.4) is 0 Å². The lowest BCUT2D eigenvalue weighted by atomic mass is 9.78. The number of carbonyl (C=O) groups excluding carboxylic acids is 2.